The first-order valence-electron chi connectivity index (χ1n) is 9.12. The fourth-order valence-electron chi connectivity index (χ4n) is 3.19. The van der Waals surface area contributed by atoms with E-state index in [1.54, 1.807) is 29.8 Å². The van der Waals surface area contributed by atoms with Gasteiger partial charge in [-0.1, -0.05) is 0 Å². The molecule has 0 amide bonds. The number of aliphatic hydroxyl groups is 1. The molecule has 1 aliphatic carbocycles. The second-order valence-corrected chi connectivity index (χ2v) is 7.86. The van der Waals surface area contributed by atoms with Gasteiger partial charge >= 0.3 is 0 Å². The summed E-state index contributed by atoms with van der Waals surface area (Å²) < 4.78 is 1.42. The van der Waals surface area contributed by atoms with E-state index >= 15 is 0 Å². The number of fused-ring (bicyclic) bond motifs is 1. The fraction of sp³-hybridized carbons (Fsp3) is 0.250. The van der Waals surface area contributed by atoms with Gasteiger partial charge in [0, 0.05) is 30.1 Å². The van der Waals surface area contributed by atoms with E-state index in [1.165, 1.54) is 23.7 Å². The maximum absolute atomic E-state index is 13.0. The van der Waals surface area contributed by atoms with Gasteiger partial charge in [0.1, 0.15) is 5.52 Å². The molecule has 5 rings (SSSR count). The summed E-state index contributed by atoms with van der Waals surface area (Å²) in [4.78, 5) is 31.9. The maximum Gasteiger partial charge on any atom is 0.261 e. The largest absolute Gasteiger partial charge is 0.395 e. The first kappa shape index (κ1) is 17.2. The third kappa shape index (κ3) is 3.00. The van der Waals surface area contributed by atoms with Crippen molar-refractivity contribution in [3.05, 3.63) is 58.5 Å². The molecule has 1 fully saturated rings. The summed E-state index contributed by atoms with van der Waals surface area (Å²) in [5.41, 5.74) is 2.46. The van der Waals surface area contributed by atoms with Crippen LogP contribution in [0.25, 0.3) is 32.7 Å². The van der Waals surface area contributed by atoms with E-state index in [1.807, 2.05) is 18.3 Å². The average Bonchev–Trinajstić information content (AvgIpc) is 3.47. The van der Waals surface area contributed by atoms with Crippen LogP contribution in [0.1, 0.15) is 23.8 Å². The highest BCUT2D eigenvalue weighted by Crippen LogP contribution is 2.43. The summed E-state index contributed by atoms with van der Waals surface area (Å²) in [6, 6.07) is 5.52. The van der Waals surface area contributed by atoms with Crippen molar-refractivity contribution in [2.24, 2.45) is 0 Å². The summed E-state index contributed by atoms with van der Waals surface area (Å²) in [6.45, 7) is 0.0775. The molecular formula is C20H17N5O2S. The summed E-state index contributed by atoms with van der Waals surface area (Å²) in [5.74, 6) is 0.570. The zero-order chi connectivity index (χ0) is 19.1. The highest BCUT2D eigenvalue weighted by atomic mass is 32.1. The third-order valence-corrected chi connectivity index (χ3v) is 5.97. The van der Waals surface area contributed by atoms with Crippen molar-refractivity contribution in [2.45, 2.75) is 25.3 Å². The van der Waals surface area contributed by atoms with E-state index < -0.39 is 0 Å². The van der Waals surface area contributed by atoms with Crippen molar-refractivity contribution >= 4 is 22.2 Å². The Kier molecular flexibility index (Phi) is 4.22. The molecule has 4 heterocycles. The lowest BCUT2D eigenvalue weighted by atomic mass is 10.1. The molecule has 0 unspecified atom stereocenters. The van der Waals surface area contributed by atoms with Crippen LogP contribution in [-0.2, 0) is 6.54 Å². The molecule has 0 bridgehead atoms. The number of aromatic nitrogens is 5. The molecule has 0 spiro atoms. The zero-order valence-corrected chi connectivity index (χ0v) is 15.8. The van der Waals surface area contributed by atoms with Crippen LogP contribution in [-0.4, -0.2) is 36.2 Å². The van der Waals surface area contributed by atoms with Crippen LogP contribution >= 0.6 is 11.3 Å². The van der Waals surface area contributed by atoms with E-state index in [0.29, 0.717) is 28.2 Å². The van der Waals surface area contributed by atoms with Gasteiger partial charge in [-0.25, -0.2) is 15.0 Å². The van der Waals surface area contributed by atoms with Crippen LogP contribution in [0.15, 0.2) is 47.9 Å². The highest BCUT2D eigenvalue weighted by Gasteiger charge is 2.27. The Morgan fingerprint density at radius 3 is 2.89 bits per heavy atom. The molecule has 0 radical (unpaired) electrons. The number of hydrogen-bond acceptors (Lipinski definition) is 7. The molecule has 1 aliphatic rings. The van der Waals surface area contributed by atoms with E-state index in [-0.39, 0.29) is 18.7 Å². The monoisotopic (exact) mass is 391 g/mol. The van der Waals surface area contributed by atoms with Crippen molar-refractivity contribution < 1.29 is 5.11 Å². The minimum absolute atomic E-state index is 0.125. The average molecular weight is 391 g/mol. The molecule has 0 aliphatic heterocycles. The molecule has 8 heteroatoms. The van der Waals surface area contributed by atoms with Gasteiger partial charge in [0.2, 0.25) is 0 Å². The number of hydrogen-bond donors (Lipinski definition) is 1. The van der Waals surface area contributed by atoms with Crippen molar-refractivity contribution in [1.29, 1.82) is 0 Å². The summed E-state index contributed by atoms with van der Waals surface area (Å²) >= 11 is 1.63. The number of thiazole rings is 1. The van der Waals surface area contributed by atoms with Gasteiger partial charge in [0.15, 0.2) is 0 Å². The summed E-state index contributed by atoms with van der Waals surface area (Å²) in [6.07, 6.45) is 9.09. The molecule has 28 heavy (non-hydrogen) atoms. The molecule has 7 nitrogen and oxygen atoms in total. The minimum Gasteiger partial charge on any atom is -0.395 e. The standard InChI is InChI=1S/C20H17N5O2S/c26-7-6-25-11-23-18-14(20(25)27)8-15(16-10-22-19(28-16)12-3-4-12)24-17(18)13-2-1-5-21-9-13/h1-2,5,8-12,26H,3-4,6-7H2. The SMILES string of the molecule is O=c1c2cc(-c3cnc(C4CC4)s3)nc(-c3cccnc3)c2ncn1CCO. The molecule has 0 saturated heterocycles. The van der Waals surface area contributed by atoms with Crippen LogP contribution in [0.4, 0.5) is 0 Å². The van der Waals surface area contributed by atoms with Crippen molar-refractivity contribution in [1.82, 2.24) is 24.5 Å². The Labute approximate surface area is 164 Å². The maximum atomic E-state index is 13.0. The minimum atomic E-state index is -0.195. The van der Waals surface area contributed by atoms with Gasteiger partial charge in [0.05, 0.1) is 46.1 Å². The Morgan fingerprint density at radius 2 is 2.14 bits per heavy atom. The van der Waals surface area contributed by atoms with Gasteiger partial charge in [-0.05, 0) is 31.0 Å². The smallest absolute Gasteiger partial charge is 0.261 e. The number of nitrogens with zero attached hydrogens (tertiary/aromatic N) is 5. The molecule has 0 aromatic carbocycles. The second-order valence-electron chi connectivity index (χ2n) is 6.80. The Bertz CT molecular complexity index is 1210. The Hall–Kier alpha value is -2.97. The summed E-state index contributed by atoms with van der Waals surface area (Å²) in [5, 5.41) is 10.8. The number of rotatable bonds is 5. The van der Waals surface area contributed by atoms with Crippen LogP contribution < -0.4 is 5.56 Å². The lowest BCUT2D eigenvalue weighted by molar-refractivity contribution is 0.274. The first-order chi connectivity index (χ1) is 13.7. The lowest BCUT2D eigenvalue weighted by Gasteiger charge is -2.10. The topological polar surface area (TPSA) is 93.8 Å². The Balaban J connectivity index is 1.75. The van der Waals surface area contributed by atoms with Crippen LogP contribution in [0.2, 0.25) is 0 Å². The van der Waals surface area contributed by atoms with Crippen molar-refractivity contribution in [3.63, 3.8) is 0 Å². The molecule has 1 N–H and O–H groups in total. The van der Waals surface area contributed by atoms with E-state index in [9.17, 15) is 9.90 Å². The molecule has 140 valence electrons. The molecule has 1 saturated carbocycles. The third-order valence-electron chi connectivity index (χ3n) is 4.79. The van der Waals surface area contributed by atoms with E-state index in [4.69, 9.17) is 4.98 Å². The zero-order valence-electron chi connectivity index (χ0n) is 14.9. The molecule has 0 atom stereocenters. The second kappa shape index (κ2) is 6.88. The van der Waals surface area contributed by atoms with E-state index in [0.717, 1.165) is 15.4 Å². The van der Waals surface area contributed by atoms with Gasteiger partial charge in [-0.3, -0.25) is 14.3 Å². The fourth-order valence-corrected chi connectivity index (χ4v) is 4.24. The van der Waals surface area contributed by atoms with Crippen molar-refractivity contribution in [2.75, 3.05) is 6.61 Å². The van der Waals surface area contributed by atoms with E-state index in [2.05, 4.69) is 15.0 Å². The number of pyridine rings is 2. The van der Waals surface area contributed by atoms with Crippen LogP contribution in [0.3, 0.4) is 0 Å². The van der Waals surface area contributed by atoms with Gasteiger partial charge in [-0.2, -0.15) is 0 Å². The number of aliphatic hydroxyl groups excluding tert-OH is 1. The van der Waals surface area contributed by atoms with Crippen LogP contribution in [0, 0.1) is 0 Å². The predicted octanol–water partition coefficient (Wildman–Crippen LogP) is 2.85. The quantitative estimate of drug-likeness (QED) is 0.562. The van der Waals surface area contributed by atoms with Crippen LogP contribution in [0.5, 0.6) is 0 Å². The lowest BCUT2D eigenvalue weighted by Crippen LogP contribution is -2.22. The predicted molar refractivity (Wildman–Crippen MR) is 107 cm³/mol. The van der Waals surface area contributed by atoms with Gasteiger partial charge in [-0.15, -0.1) is 11.3 Å². The Morgan fingerprint density at radius 1 is 1.25 bits per heavy atom. The van der Waals surface area contributed by atoms with Gasteiger partial charge < -0.3 is 5.11 Å². The first-order valence-corrected chi connectivity index (χ1v) is 9.94. The normalized spacial score (nSPS) is 13.9. The van der Waals surface area contributed by atoms with Gasteiger partial charge in [0.25, 0.3) is 5.56 Å². The highest BCUT2D eigenvalue weighted by molar-refractivity contribution is 7.15. The molecule has 4 aromatic rings. The molecular weight excluding hydrogens is 374 g/mol. The molecule has 4 aromatic heterocycles. The summed E-state index contributed by atoms with van der Waals surface area (Å²) in [7, 11) is 0. The van der Waals surface area contributed by atoms with Crippen molar-refractivity contribution in [3.8, 4) is 21.8 Å².